The zero-order valence-electron chi connectivity index (χ0n) is 20.7. The van der Waals surface area contributed by atoms with Gasteiger partial charge in [0.2, 0.25) is 0 Å². The lowest BCUT2D eigenvalue weighted by atomic mass is 10.1. The van der Waals surface area contributed by atoms with Gasteiger partial charge in [-0.1, -0.05) is 38.1 Å². The van der Waals surface area contributed by atoms with E-state index in [9.17, 15) is 4.79 Å². The topological polar surface area (TPSA) is 50.2 Å². The Morgan fingerprint density at radius 3 is 2.65 bits per heavy atom. The van der Waals surface area contributed by atoms with Crippen molar-refractivity contribution in [2.24, 2.45) is 17.8 Å². The maximum absolute atomic E-state index is 13.7. The molecule has 5 nitrogen and oxygen atoms in total. The monoisotopic (exact) mass is 458 g/mol. The molecule has 1 amide bonds. The molecule has 0 aliphatic heterocycles. The van der Waals surface area contributed by atoms with E-state index < -0.39 is 0 Å². The fourth-order valence-electron chi connectivity index (χ4n) is 4.59. The Morgan fingerprint density at radius 1 is 1.09 bits per heavy atom. The number of aromatic nitrogens is 2. The Balaban J connectivity index is 1.37. The second kappa shape index (κ2) is 10.3. The van der Waals surface area contributed by atoms with E-state index in [0.717, 1.165) is 61.3 Å². The molecule has 180 valence electrons. The fraction of sp³-hybridized carbons (Fsp3) is 0.517. The van der Waals surface area contributed by atoms with E-state index in [-0.39, 0.29) is 5.91 Å². The van der Waals surface area contributed by atoms with Crippen molar-refractivity contribution in [3.8, 4) is 0 Å². The number of carbonyl (C=O) groups is 1. The number of fused-ring (bicyclic) bond motifs is 1. The van der Waals surface area contributed by atoms with Gasteiger partial charge in [-0.3, -0.25) is 4.79 Å². The summed E-state index contributed by atoms with van der Waals surface area (Å²) < 4.78 is 2.36. The van der Waals surface area contributed by atoms with Crippen molar-refractivity contribution in [3.63, 3.8) is 0 Å². The molecule has 0 atom stereocenters. The van der Waals surface area contributed by atoms with E-state index in [1.165, 1.54) is 36.8 Å². The van der Waals surface area contributed by atoms with Crippen molar-refractivity contribution in [3.05, 3.63) is 65.5 Å². The quantitative estimate of drug-likeness (QED) is 0.382. The number of para-hydroxylation sites is 2. The normalized spacial score (nSPS) is 15.9. The molecule has 5 heteroatoms. The number of carbonyl (C=O) groups excluding carboxylic acids is 1. The largest absolute Gasteiger partial charge is 0.331 e. The summed E-state index contributed by atoms with van der Waals surface area (Å²) in [7, 11) is 0. The zero-order valence-corrected chi connectivity index (χ0v) is 20.7. The molecule has 2 saturated carbocycles. The number of benzene rings is 2. The second-order valence-electron chi connectivity index (χ2n) is 10.8. The predicted octanol–water partition coefficient (Wildman–Crippen LogP) is 5.63. The summed E-state index contributed by atoms with van der Waals surface area (Å²) >= 11 is 0. The van der Waals surface area contributed by atoms with Crippen LogP contribution in [-0.2, 0) is 19.6 Å². The molecule has 0 bridgehead atoms. The first kappa shape index (κ1) is 23.1. The van der Waals surface area contributed by atoms with Gasteiger partial charge in [-0.05, 0) is 86.2 Å². The van der Waals surface area contributed by atoms with E-state index >= 15 is 0 Å². The lowest BCUT2D eigenvalue weighted by Crippen LogP contribution is -2.33. The summed E-state index contributed by atoms with van der Waals surface area (Å²) in [6.45, 7) is 8.64. The molecule has 3 aromatic rings. The first-order chi connectivity index (χ1) is 16.6. The number of nitrogens with one attached hydrogen (secondary N) is 1. The highest BCUT2D eigenvalue weighted by molar-refractivity contribution is 5.94. The minimum atomic E-state index is 0.106. The van der Waals surface area contributed by atoms with Crippen LogP contribution in [0, 0.1) is 17.8 Å². The van der Waals surface area contributed by atoms with Gasteiger partial charge in [-0.2, -0.15) is 0 Å². The van der Waals surface area contributed by atoms with E-state index in [0.29, 0.717) is 12.5 Å². The Bertz CT molecular complexity index is 1130. The van der Waals surface area contributed by atoms with Gasteiger partial charge < -0.3 is 14.8 Å². The molecule has 0 unspecified atom stereocenters. The van der Waals surface area contributed by atoms with Gasteiger partial charge in [0.1, 0.15) is 5.82 Å². The summed E-state index contributed by atoms with van der Waals surface area (Å²) in [6, 6.07) is 16.5. The van der Waals surface area contributed by atoms with Crippen molar-refractivity contribution in [1.82, 2.24) is 19.8 Å². The molecule has 1 aromatic heterocycles. The van der Waals surface area contributed by atoms with Crippen molar-refractivity contribution in [1.29, 1.82) is 0 Å². The third-order valence-corrected chi connectivity index (χ3v) is 7.10. The van der Waals surface area contributed by atoms with Crippen LogP contribution in [0.3, 0.4) is 0 Å². The summed E-state index contributed by atoms with van der Waals surface area (Å²) in [5, 5.41) is 3.55. The highest BCUT2D eigenvalue weighted by atomic mass is 16.2. The van der Waals surface area contributed by atoms with Gasteiger partial charge in [-0.15, -0.1) is 0 Å². The van der Waals surface area contributed by atoms with E-state index in [1.807, 2.05) is 23.1 Å². The van der Waals surface area contributed by atoms with Gasteiger partial charge >= 0.3 is 0 Å². The Hall–Kier alpha value is -2.66. The van der Waals surface area contributed by atoms with Crippen LogP contribution in [0.15, 0.2) is 48.5 Å². The molecule has 1 heterocycles. The standard InChI is InChI=1S/C29H38N4O/c1-21(2)14-15-32(29(34)25-7-5-6-24(16-25)18-30-17-22-10-11-22)20-28-31-26-8-3-4-9-27(26)33(28)19-23-12-13-23/h3-9,16,21-23,30H,10-15,17-20H2,1-2H3. The first-order valence-electron chi connectivity index (χ1n) is 13.1. The molecule has 2 aliphatic rings. The number of nitrogens with zero attached hydrogens (tertiary/aromatic N) is 3. The molecule has 0 saturated heterocycles. The lowest BCUT2D eigenvalue weighted by Gasteiger charge is -2.24. The van der Waals surface area contributed by atoms with Crippen LogP contribution in [0.4, 0.5) is 0 Å². The maximum atomic E-state index is 13.7. The predicted molar refractivity (Wildman–Crippen MR) is 138 cm³/mol. The van der Waals surface area contributed by atoms with Gasteiger partial charge in [-0.25, -0.2) is 4.98 Å². The molecule has 2 aromatic carbocycles. The highest BCUT2D eigenvalue weighted by Crippen LogP contribution is 2.33. The smallest absolute Gasteiger partial charge is 0.254 e. The van der Waals surface area contributed by atoms with E-state index in [1.54, 1.807) is 0 Å². The van der Waals surface area contributed by atoms with Crippen LogP contribution in [0.1, 0.15) is 67.7 Å². The van der Waals surface area contributed by atoms with Crippen LogP contribution in [0.25, 0.3) is 11.0 Å². The molecule has 0 radical (unpaired) electrons. The van der Waals surface area contributed by atoms with Gasteiger partial charge in [0, 0.05) is 25.2 Å². The molecular weight excluding hydrogens is 420 g/mol. The van der Waals surface area contributed by atoms with Crippen molar-refractivity contribution >= 4 is 16.9 Å². The minimum absolute atomic E-state index is 0.106. The lowest BCUT2D eigenvalue weighted by molar-refractivity contribution is 0.0729. The number of imidazole rings is 1. The average Bonchev–Trinajstić information content (AvgIpc) is 3.76. The Labute approximate surface area is 203 Å². The summed E-state index contributed by atoms with van der Waals surface area (Å²) in [5.74, 6) is 3.25. The molecule has 2 fully saturated rings. The summed E-state index contributed by atoms with van der Waals surface area (Å²) in [6.07, 6.45) is 6.27. The third-order valence-electron chi connectivity index (χ3n) is 7.10. The summed E-state index contributed by atoms with van der Waals surface area (Å²) in [5.41, 5.74) is 4.16. The Morgan fingerprint density at radius 2 is 1.88 bits per heavy atom. The Kier molecular flexibility index (Phi) is 7.00. The number of hydrogen-bond acceptors (Lipinski definition) is 3. The third kappa shape index (κ3) is 5.87. The van der Waals surface area contributed by atoms with Crippen LogP contribution >= 0.6 is 0 Å². The number of amides is 1. The second-order valence-corrected chi connectivity index (χ2v) is 10.8. The van der Waals surface area contributed by atoms with Crippen molar-refractivity contribution in [2.75, 3.05) is 13.1 Å². The molecule has 2 aliphatic carbocycles. The molecule has 34 heavy (non-hydrogen) atoms. The maximum Gasteiger partial charge on any atom is 0.254 e. The van der Waals surface area contributed by atoms with Gasteiger partial charge in [0.25, 0.3) is 5.91 Å². The van der Waals surface area contributed by atoms with Crippen LogP contribution in [0.2, 0.25) is 0 Å². The number of rotatable bonds is 12. The van der Waals surface area contributed by atoms with Crippen molar-refractivity contribution in [2.45, 2.75) is 65.6 Å². The van der Waals surface area contributed by atoms with Crippen LogP contribution in [-0.4, -0.2) is 33.4 Å². The van der Waals surface area contributed by atoms with E-state index in [4.69, 9.17) is 4.98 Å². The highest BCUT2D eigenvalue weighted by Gasteiger charge is 2.26. The number of hydrogen-bond donors (Lipinski definition) is 1. The van der Waals surface area contributed by atoms with Crippen LogP contribution < -0.4 is 5.32 Å². The molecule has 0 spiro atoms. The molecule has 5 rings (SSSR count). The van der Waals surface area contributed by atoms with E-state index in [2.05, 4.69) is 54.1 Å². The fourth-order valence-corrected chi connectivity index (χ4v) is 4.59. The summed E-state index contributed by atoms with van der Waals surface area (Å²) in [4.78, 5) is 20.7. The van der Waals surface area contributed by atoms with Crippen molar-refractivity contribution < 1.29 is 4.79 Å². The average molecular weight is 459 g/mol. The first-order valence-corrected chi connectivity index (χ1v) is 13.1. The van der Waals surface area contributed by atoms with Crippen LogP contribution in [0.5, 0.6) is 0 Å². The SMILES string of the molecule is CC(C)CCN(Cc1nc2ccccc2n1CC1CC1)C(=O)c1cccc(CNCC2CC2)c1. The minimum Gasteiger partial charge on any atom is -0.331 e. The zero-order chi connectivity index (χ0) is 23.5. The van der Waals surface area contributed by atoms with Gasteiger partial charge in [0.05, 0.1) is 17.6 Å². The van der Waals surface area contributed by atoms with Gasteiger partial charge in [0.15, 0.2) is 0 Å². The molecular formula is C29H38N4O. The molecule has 1 N–H and O–H groups in total.